The molecule has 1 saturated heterocycles. The Balaban J connectivity index is 1.54. The van der Waals surface area contributed by atoms with Crippen LogP contribution >= 0.6 is 0 Å². The Morgan fingerprint density at radius 1 is 1.07 bits per heavy atom. The Bertz CT molecular complexity index is 790. The summed E-state index contributed by atoms with van der Waals surface area (Å²) in [5.74, 6) is 1.21. The van der Waals surface area contributed by atoms with E-state index in [1.807, 2.05) is 0 Å². The minimum Gasteiger partial charge on any atom is -0.337 e. The van der Waals surface area contributed by atoms with Gasteiger partial charge >= 0.3 is 6.18 Å². The molecule has 0 radical (unpaired) electrons. The van der Waals surface area contributed by atoms with Crippen molar-refractivity contribution in [1.82, 2.24) is 15.5 Å². The molecule has 4 nitrogen and oxygen atoms in total. The summed E-state index contributed by atoms with van der Waals surface area (Å²) in [4.78, 5) is 4.33. The third kappa shape index (κ3) is 4.40. The van der Waals surface area contributed by atoms with Crippen LogP contribution in [-0.4, -0.2) is 16.7 Å². The Morgan fingerprint density at radius 3 is 2.61 bits per heavy atom. The van der Waals surface area contributed by atoms with Crippen LogP contribution in [0.3, 0.4) is 0 Å². The fourth-order valence-electron chi connectivity index (χ4n) is 4.42. The van der Waals surface area contributed by atoms with Crippen LogP contribution in [-0.2, 0) is 12.6 Å². The third-order valence-electron chi connectivity index (χ3n) is 6.02. The number of hydrogen-bond donors (Lipinski definition) is 1. The molecule has 2 fully saturated rings. The molecule has 1 aromatic heterocycles. The van der Waals surface area contributed by atoms with Crippen molar-refractivity contribution >= 4 is 0 Å². The van der Waals surface area contributed by atoms with Gasteiger partial charge in [0.05, 0.1) is 11.6 Å². The topological polar surface area (TPSA) is 51.0 Å². The Morgan fingerprint density at radius 2 is 1.89 bits per heavy atom. The maximum absolute atomic E-state index is 13.7. The highest BCUT2D eigenvalue weighted by atomic mass is 19.4. The lowest BCUT2D eigenvalue weighted by atomic mass is 9.84. The van der Waals surface area contributed by atoms with E-state index in [-0.39, 0.29) is 11.9 Å². The second-order valence-corrected chi connectivity index (χ2v) is 8.02. The smallest absolute Gasteiger partial charge is 0.337 e. The van der Waals surface area contributed by atoms with Gasteiger partial charge in [-0.2, -0.15) is 18.2 Å². The highest BCUT2D eigenvalue weighted by Gasteiger charge is 2.34. The van der Waals surface area contributed by atoms with Crippen LogP contribution in [0.4, 0.5) is 13.2 Å². The maximum Gasteiger partial charge on any atom is 0.416 e. The average Bonchev–Trinajstić information content (AvgIpc) is 3.38. The van der Waals surface area contributed by atoms with Crippen LogP contribution in [0.1, 0.15) is 74.4 Å². The van der Waals surface area contributed by atoms with Gasteiger partial charge in [0.2, 0.25) is 11.7 Å². The number of halogens is 3. The lowest BCUT2D eigenvalue weighted by Gasteiger charge is -2.22. The van der Waals surface area contributed by atoms with Crippen LogP contribution in [0.15, 0.2) is 22.7 Å². The molecule has 28 heavy (non-hydrogen) atoms. The molecule has 0 spiro atoms. The van der Waals surface area contributed by atoms with Crippen molar-refractivity contribution in [3.8, 4) is 11.4 Å². The fraction of sp³-hybridized carbons (Fsp3) is 0.619. The zero-order valence-electron chi connectivity index (χ0n) is 15.9. The van der Waals surface area contributed by atoms with E-state index in [0.29, 0.717) is 29.4 Å². The molecule has 1 N–H and O–H groups in total. The Labute approximate surface area is 162 Å². The van der Waals surface area contributed by atoms with Crippen molar-refractivity contribution < 1.29 is 17.7 Å². The lowest BCUT2D eigenvalue weighted by molar-refractivity contribution is -0.138. The molecule has 0 bridgehead atoms. The first kappa shape index (κ1) is 19.4. The summed E-state index contributed by atoms with van der Waals surface area (Å²) in [6.45, 7) is 0.885. The number of aryl methyl sites for hydroxylation is 1. The minimum absolute atomic E-state index is 0.00176. The molecule has 2 heterocycles. The van der Waals surface area contributed by atoms with Crippen molar-refractivity contribution in [1.29, 1.82) is 0 Å². The number of aromatic nitrogens is 2. The van der Waals surface area contributed by atoms with Gasteiger partial charge in [0.15, 0.2) is 0 Å². The quantitative estimate of drug-likeness (QED) is 0.709. The summed E-state index contributed by atoms with van der Waals surface area (Å²) in [7, 11) is 0. The first-order valence-electron chi connectivity index (χ1n) is 10.3. The second-order valence-electron chi connectivity index (χ2n) is 8.02. The van der Waals surface area contributed by atoms with E-state index in [1.165, 1.54) is 25.3 Å². The number of hydrogen-bond acceptors (Lipinski definition) is 4. The van der Waals surface area contributed by atoms with E-state index < -0.39 is 11.7 Å². The van der Waals surface area contributed by atoms with E-state index in [9.17, 15) is 13.2 Å². The molecule has 0 amide bonds. The standard InChI is InChI=1S/C21H26F3N3O/c22-21(23,24)17-13-16(19-26-20(28-27-19)18-7-4-12-25-18)11-10-15(17)9-8-14-5-2-1-3-6-14/h10-11,13-14,18,25H,1-9,12H2/t18-/m0/s1. The highest BCUT2D eigenvalue weighted by Crippen LogP contribution is 2.36. The van der Waals surface area contributed by atoms with Gasteiger partial charge in [-0.3, -0.25) is 0 Å². The number of benzene rings is 1. The SMILES string of the molecule is FC(F)(F)c1cc(-c2noc([C@@H]3CCCN3)n2)ccc1CCC1CCCCC1. The van der Waals surface area contributed by atoms with Gasteiger partial charge in [-0.15, -0.1) is 0 Å². The molecule has 1 aliphatic heterocycles. The molecule has 4 rings (SSSR count). The van der Waals surface area contributed by atoms with Crippen LogP contribution in [0.2, 0.25) is 0 Å². The Kier molecular flexibility index (Phi) is 5.71. The molecule has 1 aliphatic carbocycles. The van der Waals surface area contributed by atoms with Crippen molar-refractivity contribution in [2.45, 2.75) is 70.0 Å². The second kappa shape index (κ2) is 8.23. The summed E-state index contributed by atoms with van der Waals surface area (Å²) < 4.78 is 46.3. The van der Waals surface area contributed by atoms with Crippen molar-refractivity contribution in [2.75, 3.05) is 6.54 Å². The largest absolute Gasteiger partial charge is 0.416 e. The van der Waals surface area contributed by atoms with Crippen molar-refractivity contribution in [2.24, 2.45) is 5.92 Å². The summed E-state index contributed by atoms with van der Waals surface area (Å²) in [5, 5.41) is 7.16. The summed E-state index contributed by atoms with van der Waals surface area (Å²) in [6, 6.07) is 4.44. The number of nitrogens with one attached hydrogen (secondary N) is 1. The maximum atomic E-state index is 13.7. The molecule has 7 heteroatoms. The van der Waals surface area contributed by atoms with Gasteiger partial charge in [-0.1, -0.05) is 49.4 Å². The predicted molar refractivity (Wildman–Crippen MR) is 99.6 cm³/mol. The highest BCUT2D eigenvalue weighted by molar-refractivity contribution is 5.57. The molecule has 152 valence electrons. The minimum atomic E-state index is -4.39. The fourth-order valence-corrected chi connectivity index (χ4v) is 4.42. The molecule has 1 aromatic carbocycles. The molecule has 2 aliphatic rings. The van der Waals surface area contributed by atoms with Gasteiger partial charge in [-0.25, -0.2) is 0 Å². The van der Waals surface area contributed by atoms with Crippen molar-refractivity contribution in [3.63, 3.8) is 0 Å². The zero-order chi connectivity index (χ0) is 19.6. The number of rotatable bonds is 5. The van der Waals surface area contributed by atoms with Gasteiger partial charge < -0.3 is 9.84 Å². The van der Waals surface area contributed by atoms with Gasteiger partial charge in [-0.05, 0) is 49.8 Å². The van der Waals surface area contributed by atoms with E-state index in [2.05, 4.69) is 15.5 Å². The van der Waals surface area contributed by atoms with Gasteiger partial charge in [0.1, 0.15) is 0 Å². The Hall–Kier alpha value is -1.89. The molecule has 0 unspecified atom stereocenters. The molecule has 1 atom stereocenters. The first-order valence-corrected chi connectivity index (χ1v) is 10.3. The molecular weight excluding hydrogens is 367 g/mol. The average molecular weight is 393 g/mol. The number of alkyl halides is 3. The lowest BCUT2D eigenvalue weighted by Crippen LogP contribution is -2.13. The van der Waals surface area contributed by atoms with Crippen LogP contribution in [0.5, 0.6) is 0 Å². The van der Waals surface area contributed by atoms with Gasteiger partial charge in [0, 0.05) is 5.56 Å². The summed E-state index contributed by atoms with van der Waals surface area (Å²) in [5.41, 5.74) is 0.135. The van der Waals surface area contributed by atoms with E-state index in [0.717, 1.165) is 38.6 Å². The van der Waals surface area contributed by atoms with Crippen molar-refractivity contribution in [3.05, 3.63) is 35.2 Å². The molecule has 2 aromatic rings. The van der Waals surface area contributed by atoms with E-state index >= 15 is 0 Å². The number of nitrogens with zero attached hydrogens (tertiary/aromatic N) is 2. The van der Waals surface area contributed by atoms with Gasteiger partial charge in [0.25, 0.3) is 0 Å². The first-order chi connectivity index (χ1) is 13.5. The van der Waals surface area contributed by atoms with E-state index in [1.54, 1.807) is 12.1 Å². The van der Waals surface area contributed by atoms with E-state index in [4.69, 9.17) is 4.52 Å². The van der Waals surface area contributed by atoms with Crippen LogP contribution in [0, 0.1) is 5.92 Å². The normalized spacial score (nSPS) is 21.3. The predicted octanol–water partition coefficient (Wildman–Crippen LogP) is 5.69. The summed E-state index contributed by atoms with van der Waals surface area (Å²) in [6.07, 6.45) is 4.74. The summed E-state index contributed by atoms with van der Waals surface area (Å²) >= 11 is 0. The zero-order valence-corrected chi connectivity index (χ0v) is 15.9. The third-order valence-corrected chi connectivity index (χ3v) is 6.02. The molecule has 1 saturated carbocycles. The van der Waals surface area contributed by atoms with Crippen LogP contribution in [0.25, 0.3) is 11.4 Å². The monoisotopic (exact) mass is 393 g/mol. The molecular formula is C21H26F3N3O. The van der Waals surface area contributed by atoms with Crippen LogP contribution < -0.4 is 5.32 Å².